The van der Waals surface area contributed by atoms with E-state index in [0.717, 1.165) is 15.6 Å². The highest BCUT2D eigenvalue weighted by Gasteiger charge is 2.13. The van der Waals surface area contributed by atoms with Crippen molar-refractivity contribution >= 4 is 17.2 Å². The maximum atomic E-state index is 11.3. The summed E-state index contributed by atoms with van der Waals surface area (Å²) < 4.78 is 0. The van der Waals surface area contributed by atoms with E-state index in [2.05, 4.69) is 10.3 Å². The van der Waals surface area contributed by atoms with Crippen LogP contribution in [0, 0.1) is 13.8 Å². The molecular weight excluding hydrogens is 208 g/mol. The van der Waals surface area contributed by atoms with Crippen molar-refractivity contribution in [2.45, 2.75) is 33.7 Å². The smallest absolute Gasteiger partial charge is 0.244 e. The lowest BCUT2D eigenvalue weighted by molar-refractivity contribution is -0.117. The van der Waals surface area contributed by atoms with Crippen molar-refractivity contribution < 1.29 is 4.79 Å². The number of nitrogens with zero attached hydrogens (tertiary/aromatic N) is 1. The molecule has 0 aromatic carbocycles. The van der Waals surface area contributed by atoms with Crippen molar-refractivity contribution in [1.29, 1.82) is 0 Å². The third kappa shape index (κ3) is 3.16. The van der Waals surface area contributed by atoms with Gasteiger partial charge in [-0.05, 0) is 33.8 Å². The Kier molecular flexibility index (Phi) is 4.03. The van der Waals surface area contributed by atoms with Gasteiger partial charge in [-0.3, -0.25) is 4.79 Å². The van der Waals surface area contributed by atoms with Crippen LogP contribution in [0.1, 0.15) is 35.5 Å². The molecule has 0 fully saturated rings. The third-order valence-corrected chi connectivity index (χ3v) is 3.27. The monoisotopic (exact) mass is 224 g/mol. The van der Waals surface area contributed by atoms with Gasteiger partial charge in [0.15, 0.2) is 0 Å². The van der Waals surface area contributed by atoms with Crippen molar-refractivity contribution in [2.75, 3.05) is 0 Å². The Labute approximate surface area is 94.2 Å². The van der Waals surface area contributed by atoms with E-state index < -0.39 is 0 Å². The summed E-state index contributed by atoms with van der Waals surface area (Å²) >= 11 is 1.63. The van der Waals surface area contributed by atoms with E-state index >= 15 is 0 Å². The minimum absolute atomic E-state index is 0.0277. The first-order valence-corrected chi connectivity index (χ1v) is 5.73. The summed E-state index contributed by atoms with van der Waals surface area (Å²) in [4.78, 5) is 16.8. The lowest BCUT2D eigenvalue weighted by Crippen LogP contribution is -2.24. The molecule has 1 N–H and O–H groups in total. The van der Waals surface area contributed by atoms with Gasteiger partial charge in [-0.1, -0.05) is 6.08 Å². The van der Waals surface area contributed by atoms with Crippen LogP contribution in [0.4, 0.5) is 0 Å². The van der Waals surface area contributed by atoms with E-state index in [0.29, 0.717) is 0 Å². The maximum Gasteiger partial charge on any atom is 0.244 e. The molecule has 1 aromatic heterocycles. The predicted octanol–water partition coefficient (Wildman–Crippen LogP) is 2.51. The van der Waals surface area contributed by atoms with Crippen LogP contribution in [0.5, 0.6) is 0 Å². The minimum Gasteiger partial charge on any atom is -0.345 e. The highest BCUT2D eigenvalue weighted by Crippen LogP contribution is 2.24. The zero-order chi connectivity index (χ0) is 11.4. The summed E-state index contributed by atoms with van der Waals surface area (Å²) in [7, 11) is 0. The summed E-state index contributed by atoms with van der Waals surface area (Å²) in [5, 5.41) is 3.93. The van der Waals surface area contributed by atoms with E-state index in [1.807, 2.05) is 27.7 Å². The molecule has 0 radical (unpaired) electrons. The second kappa shape index (κ2) is 5.07. The number of nitrogens with one attached hydrogen (secondary N) is 1. The quantitative estimate of drug-likeness (QED) is 0.802. The normalized spacial score (nSPS) is 13.1. The van der Waals surface area contributed by atoms with Gasteiger partial charge >= 0.3 is 0 Å². The molecule has 1 heterocycles. The number of aryl methyl sites for hydroxylation is 2. The van der Waals surface area contributed by atoms with Crippen molar-refractivity contribution in [3.05, 3.63) is 27.7 Å². The van der Waals surface area contributed by atoms with Crippen LogP contribution < -0.4 is 5.32 Å². The molecular formula is C11H16N2OS. The molecule has 1 unspecified atom stereocenters. The SMILES string of the molecule is C/C=C/C(=O)NC(C)c1sc(C)nc1C. The Bertz CT molecular complexity index is 382. The summed E-state index contributed by atoms with van der Waals surface area (Å²) in [5.74, 6) is -0.0598. The second-order valence-electron chi connectivity index (χ2n) is 3.41. The molecule has 0 aliphatic rings. The maximum absolute atomic E-state index is 11.3. The molecule has 1 amide bonds. The van der Waals surface area contributed by atoms with E-state index in [-0.39, 0.29) is 11.9 Å². The molecule has 0 saturated carbocycles. The van der Waals surface area contributed by atoms with Crippen LogP contribution in [0.3, 0.4) is 0 Å². The van der Waals surface area contributed by atoms with Gasteiger partial charge in [-0.2, -0.15) is 0 Å². The zero-order valence-electron chi connectivity index (χ0n) is 9.50. The van der Waals surface area contributed by atoms with Gasteiger partial charge in [0.05, 0.1) is 16.7 Å². The van der Waals surface area contributed by atoms with Gasteiger partial charge in [0.1, 0.15) is 0 Å². The summed E-state index contributed by atoms with van der Waals surface area (Å²) in [6, 6.07) is 0.0277. The van der Waals surface area contributed by atoms with Crippen LogP contribution >= 0.6 is 11.3 Å². The van der Waals surface area contributed by atoms with Crippen LogP contribution in [0.15, 0.2) is 12.2 Å². The molecule has 82 valence electrons. The van der Waals surface area contributed by atoms with Gasteiger partial charge < -0.3 is 5.32 Å². The third-order valence-electron chi connectivity index (χ3n) is 2.01. The van der Waals surface area contributed by atoms with Crippen molar-refractivity contribution in [3.8, 4) is 0 Å². The lowest BCUT2D eigenvalue weighted by atomic mass is 10.2. The first-order chi connectivity index (χ1) is 7.04. The number of thiazole rings is 1. The number of amides is 1. The van der Waals surface area contributed by atoms with Crippen molar-refractivity contribution in [1.82, 2.24) is 10.3 Å². The summed E-state index contributed by atoms with van der Waals surface area (Å²) in [6.45, 7) is 7.74. The lowest BCUT2D eigenvalue weighted by Gasteiger charge is -2.10. The molecule has 1 rings (SSSR count). The van der Waals surface area contributed by atoms with Gasteiger partial charge in [-0.15, -0.1) is 11.3 Å². The van der Waals surface area contributed by atoms with Crippen molar-refractivity contribution in [3.63, 3.8) is 0 Å². The molecule has 4 heteroatoms. The molecule has 0 saturated heterocycles. The number of hydrogen-bond donors (Lipinski definition) is 1. The molecule has 0 bridgehead atoms. The number of hydrogen-bond acceptors (Lipinski definition) is 3. The number of aromatic nitrogens is 1. The Balaban J connectivity index is 2.72. The van der Waals surface area contributed by atoms with Gasteiger partial charge in [0, 0.05) is 4.88 Å². The second-order valence-corrected chi connectivity index (χ2v) is 4.65. The standard InChI is InChI=1S/C11H16N2OS/c1-5-6-10(14)13-8(3)11-7(2)12-9(4)15-11/h5-6,8H,1-4H3,(H,13,14)/b6-5+. The van der Waals surface area contributed by atoms with Gasteiger partial charge in [0.25, 0.3) is 0 Å². The first kappa shape index (κ1) is 11.9. The van der Waals surface area contributed by atoms with Crippen LogP contribution in [0.25, 0.3) is 0 Å². The fraction of sp³-hybridized carbons (Fsp3) is 0.455. The predicted molar refractivity (Wildman–Crippen MR) is 63.0 cm³/mol. The van der Waals surface area contributed by atoms with E-state index in [1.54, 1.807) is 17.4 Å². The first-order valence-electron chi connectivity index (χ1n) is 4.91. The highest BCUT2D eigenvalue weighted by atomic mass is 32.1. The van der Waals surface area contributed by atoms with Gasteiger partial charge in [0.2, 0.25) is 5.91 Å². The fourth-order valence-electron chi connectivity index (χ4n) is 1.43. The van der Waals surface area contributed by atoms with E-state index in [4.69, 9.17) is 0 Å². The summed E-state index contributed by atoms with van der Waals surface area (Å²) in [5.41, 5.74) is 1.01. The molecule has 0 spiro atoms. The largest absolute Gasteiger partial charge is 0.345 e. The average Bonchev–Trinajstić information content (AvgIpc) is 2.45. The van der Waals surface area contributed by atoms with Crippen LogP contribution in [0.2, 0.25) is 0 Å². The molecule has 1 aromatic rings. The average molecular weight is 224 g/mol. The summed E-state index contributed by atoms with van der Waals surface area (Å²) in [6.07, 6.45) is 3.26. The van der Waals surface area contributed by atoms with Crippen molar-refractivity contribution in [2.24, 2.45) is 0 Å². The fourth-order valence-corrected chi connectivity index (χ4v) is 2.36. The Morgan fingerprint density at radius 3 is 2.67 bits per heavy atom. The number of carbonyl (C=O) groups is 1. The number of allylic oxidation sites excluding steroid dienone is 1. The van der Waals surface area contributed by atoms with Crippen LogP contribution in [-0.4, -0.2) is 10.9 Å². The molecule has 3 nitrogen and oxygen atoms in total. The Morgan fingerprint density at radius 1 is 1.53 bits per heavy atom. The molecule has 1 atom stereocenters. The zero-order valence-corrected chi connectivity index (χ0v) is 10.3. The Morgan fingerprint density at radius 2 is 2.20 bits per heavy atom. The molecule has 15 heavy (non-hydrogen) atoms. The van der Waals surface area contributed by atoms with E-state index in [9.17, 15) is 4.79 Å². The van der Waals surface area contributed by atoms with Crippen LogP contribution in [-0.2, 0) is 4.79 Å². The molecule has 0 aliphatic carbocycles. The highest BCUT2D eigenvalue weighted by molar-refractivity contribution is 7.11. The topological polar surface area (TPSA) is 42.0 Å². The Hall–Kier alpha value is -1.16. The van der Waals surface area contributed by atoms with Gasteiger partial charge in [-0.25, -0.2) is 4.98 Å². The minimum atomic E-state index is -0.0598. The number of rotatable bonds is 3. The number of carbonyl (C=O) groups excluding carboxylic acids is 1. The molecule has 0 aliphatic heterocycles. The van der Waals surface area contributed by atoms with E-state index in [1.165, 1.54) is 6.08 Å².